The number of esters is 2. The largest absolute Gasteiger partial charge is 0.465 e. The minimum absolute atomic E-state index is 0.101. The Morgan fingerprint density at radius 2 is 1.90 bits per heavy atom. The maximum Gasteiger partial charge on any atom is 0.377 e. The van der Waals surface area contributed by atoms with Crippen LogP contribution in [0.15, 0.2) is 18.5 Å². The molecule has 0 unspecified atom stereocenters. The summed E-state index contributed by atoms with van der Waals surface area (Å²) in [6.07, 6.45) is 1.23. The van der Waals surface area contributed by atoms with E-state index in [0.717, 1.165) is 0 Å². The summed E-state index contributed by atoms with van der Waals surface area (Å²) in [4.78, 5) is 27.0. The average Bonchev–Trinajstić information content (AvgIpc) is 2.94. The number of hydrogen-bond acceptors (Lipinski definition) is 7. The van der Waals surface area contributed by atoms with E-state index < -0.39 is 11.9 Å². The third-order valence-corrected chi connectivity index (χ3v) is 2.87. The van der Waals surface area contributed by atoms with Crippen LogP contribution in [0.4, 0.5) is 5.69 Å². The number of rotatable bonds is 3. The number of methoxy groups -OCH3 is 2. The van der Waals surface area contributed by atoms with Crippen LogP contribution in [0, 0.1) is 0 Å². The highest BCUT2D eigenvalue weighted by atomic mass is 35.5. The third kappa shape index (κ3) is 2.79. The Morgan fingerprint density at radius 1 is 1.24 bits per heavy atom. The molecule has 0 amide bonds. The van der Waals surface area contributed by atoms with E-state index in [1.54, 1.807) is 0 Å². The molecule has 0 spiro atoms. The van der Waals surface area contributed by atoms with Crippen LogP contribution < -0.4 is 5.73 Å². The number of aromatic nitrogens is 3. The van der Waals surface area contributed by atoms with Gasteiger partial charge < -0.3 is 15.2 Å². The lowest BCUT2D eigenvalue weighted by atomic mass is 10.1. The summed E-state index contributed by atoms with van der Waals surface area (Å²) >= 11 is 6.10. The molecule has 0 fully saturated rings. The van der Waals surface area contributed by atoms with Gasteiger partial charge in [0.05, 0.1) is 30.5 Å². The fraction of sp³-hybridized carbons (Fsp3) is 0.167. The van der Waals surface area contributed by atoms with Crippen molar-refractivity contribution in [3.05, 3.63) is 34.9 Å². The zero-order chi connectivity index (χ0) is 15.6. The van der Waals surface area contributed by atoms with Crippen LogP contribution in [-0.4, -0.2) is 40.9 Å². The van der Waals surface area contributed by atoms with Crippen molar-refractivity contribution in [3.63, 3.8) is 0 Å². The standard InChI is InChI=1S/C12H11ClN4O4/c1-20-11(18)7-3-6(14)4-8(13)9(7)17-5-15-10(16-17)12(19)21-2/h3-5H,14H2,1-2H3. The van der Waals surface area contributed by atoms with Gasteiger partial charge >= 0.3 is 11.9 Å². The van der Waals surface area contributed by atoms with Gasteiger partial charge in [-0.1, -0.05) is 11.6 Å². The Labute approximate surface area is 124 Å². The molecule has 0 aliphatic rings. The van der Waals surface area contributed by atoms with Crippen molar-refractivity contribution in [3.8, 4) is 5.69 Å². The molecule has 1 heterocycles. The molecule has 2 N–H and O–H groups in total. The number of benzene rings is 1. The Bertz CT molecular complexity index is 713. The second-order valence-corrected chi connectivity index (χ2v) is 4.30. The molecule has 2 aromatic rings. The molecular weight excluding hydrogens is 300 g/mol. The van der Waals surface area contributed by atoms with E-state index in [1.807, 2.05) is 0 Å². The molecule has 110 valence electrons. The van der Waals surface area contributed by atoms with E-state index in [-0.39, 0.29) is 27.8 Å². The van der Waals surface area contributed by atoms with Gasteiger partial charge in [-0.05, 0) is 12.1 Å². The number of halogens is 1. The van der Waals surface area contributed by atoms with E-state index >= 15 is 0 Å². The lowest BCUT2D eigenvalue weighted by Crippen LogP contribution is -2.11. The smallest absolute Gasteiger partial charge is 0.377 e. The molecule has 21 heavy (non-hydrogen) atoms. The topological polar surface area (TPSA) is 109 Å². The highest BCUT2D eigenvalue weighted by Gasteiger charge is 2.20. The first-order valence-corrected chi connectivity index (χ1v) is 6.03. The SMILES string of the molecule is COC(=O)c1ncn(-c2c(Cl)cc(N)cc2C(=O)OC)n1. The van der Waals surface area contributed by atoms with Crippen LogP contribution in [0.2, 0.25) is 5.02 Å². The molecule has 1 aromatic carbocycles. The number of carbonyl (C=O) groups excluding carboxylic acids is 2. The first-order chi connectivity index (χ1) is 9.97. The fourth-order valence-electron chi connectivity index (χ4n) is 1.67. The average molecular weight is 311 g/mol. The second kappa shape index (κ2) is 5.80. The van der Waals surface area contributed by atoms with Crippen LogP contribution in [0.5, 0.6) is 0 Å². The molecule has 0 atom stereocenters. The lowest BCUT2D eigenvalue weighted by molar-refractivity contribution is 0.0584. The molecule has 8 nitrogen and oxygen atoms in total. The molecule has 0 saturated carbocycles. The van der Waals surface area contributed by atoms with E-state index in [2.05, 4.69) is 19.6 Å². The van der Waals surface area contributed by atoms with Crippen molar-refractivity contribution >= 4 is 29.2 Å². The molecule has 0 saturated heterocycles. The lowest BCUT2D eigenvalue weighted by Gasteiger charge is -2.10. The van der Waals surface area contributed by atoms with Gasteiger partial charge in [0, 0.05) is 5.69 Å². The second-order valence-electron chi connectivity index (χ2n) is 3.89. The Hall–Kier alpha value is -2.61. The van der Waals surface area contributed by atoms with Gasteiger partial charge in [-0.3, -0.25) is 0 Å². The number of carbonyl (C=O) groups is 2. The van der Waals surface area contributed by atoms with Crippen LogP contribution in [0.3, 0.4) is 0 Å². The number of nitrogen functional groups attached to an aromatic ring is 1. The number of ether oxygens (including phenoxy) is 2. The quantitative estimate of drug-likeness (QED) is 0.667. The molecule has 0 radical (unpaired) electrons. The minimum atomic E-state index is -0.708. The zero-order valence-corrected chi connectivity index (χ0v) is 11.9. The van der Waals surface area contributed by atoms with E-state index in [4.69, 9.17) is 17.3 Å². The van der Waals surface area contributed by atoms with Crippen molar-refractivity contribution in [2.45, 2.75) is 0 Å². The number of nitrogens with zero attached hydrogens (tertiary/aromatic N) is 3. The Kier molecular flexibility index (Phi) is 4.08. The summed E-state index contributed by atoms with van der Waals surface area (Å²) < 4.78 is 10.4. The summed E-state index contributed by atoms with van der Waals surface area (Å²) in [6, 6.07) is 2.84. The molecule has 2 rings (SSSR count). The first kappa shape index (κ1) is 14.8. The van der Waals surface area contributed by atoms with Crippen molar-refractivity contribution in [2.75, 3.05) is 20.0 Å². The molecule has 0 aliphatic heterocycles. The summed E-state index contributed by atoms with van der Waals surface area (Å²) in [5.74, 6) is -1.52. The van der Waals surface area contributed by atoms with Crippen molar-refractivity contribution in [2.24, 2.45) is 0 Å². The van der Waals surface area contributed by atoms with Gasteiger partial charge in [0.1, 0.15) is 6.33 Å². The molecule has 0 aliphatic carbocycles. The number of nitrogens with two attached hydrogens (primary N) is 1. The first-order valence-electron chi connectivity index (χ1n) is 5.65. The highest BCUT2D eigenvalue weighted by molar-refractivity contribution is 6.33. The van der Waals surface area contributed by atoms with Gasteiger partial charge in [0.2, 0.25) is 0 Å². The van der Waals surface area contributed by atoms with E-state index in [1.165, 1.54) is 37.4 Å². The summed E-state index contributed by atoms with van der Waals surface area (Å²) in [5, 5.41) is 4.08. The third-order valence-electron chi connectivity index (χ3n) is 2.58. The fourth-order valence-corrected chi connectivity index (χ4v) is 1.99. The van der Waals surface area contributed by atoms with Crippen LogP contribution >= 0.6 is 11.6 Å². The summed E-state index contributed by atoms with van der Waals surface area (Å²) in [6.45, 7) is 0. The normalized spacial score (nSPS) is 10.2. The summed E-state index contributed by atoms with van der Waals surface area (Å²) in [5.41, 5.74) is 6.26. The number of anilines is 1. The highest BCUT2D eigenvalue weighted by Crippen LogP contribution is 2.27. The molecule has 9 heteroatoms. The molecule has 1 aromatic heterocycles. The van der Waals surface area contributed by atoms with Gasteiger partial charge in [0.15, 0.2) is 0 Å². The van der Waals surface area contributed by atoms with E-state index in [9.17, 15) is 9.59 Å². The van der Waals surface area contributed by atoms with Crippen molar-refractivity contribution < 1.29 is 19.1 Å². The predicted octanol–water partition coefficient (Wildman–Crippen LogP) is 1.08. The van der Waals surface area contributed by atoms with Crippen LogP contribution in [-0.2, 0) is 9.47 Å². The molecular formula is C12H11ClN4O4. The predicted molar refractivity (Wildman–Crippen MR) is 73.5 cm³/mol. The zero-order valence-electron chi connectivity index (χ0n) is 11.2. The minimum Gasteiger partial charge on any atom is -0.465 e. The van der Waals surface area contributed by atoms with Crippen molar-refractivity contribution in [1.29, 1.82) is 0 Å². The summed E-state index contributed by atoms with van der Waals surface area (Å²) in [7, 11) is 2.43. The Morgan fingerprint density at radius 3 is 2.52 bits per heavy atom. The number of hydrogen-bond donors (Lipinski definition) is 1. The van der Waals surface area contributed by atoms with Gasteiger partial charge in [-0.2, -0.15) is 0 Å². The van der Waals surface area contributed by atoms with Crippen LogP contribution in [0.25, 0.3) is 5.69 Å². The maximum atomic E-state index is 11.8. The van der Waals surface area contributed by atoms with Crippen LogP contribution in [0.1, 0.15) is 21.0 Å². The molecule has 0 bridgehead atoms. The monoisotopic (exact) mass is 310 g/mol. The van der Waals surface area contributed by atoms with Gasteiger partial charge in [0.25, 0.3) is 5.82 Å². The van der Waals surface area contributed by atoms with Gasteiger partial charge in [-0.15, -0.1) is 5.10 Å². The van der Waals surface area contributed by atoms with Crippen molar-refractivity contribution in [1.82, 2.24) is 14.8 Å². The maximum absolute atomic E-state index is 11.8. The van der Waals surface area contributed by atoms with Gasteiger partial charge in [-0.25, -0.2) is 19.3 Å². The van der Waals surface area contributed by atoms with E-state index in [0.29, 0.717) is 0 Å². The Balaban J connectivity index is 2.60.